The summed E-state index contributed by atoms with van der Waals surface area (Å²) in [7, 11) is 3.45. The van der Waals surface area contributed by atoms with E-state index in [0.29, 0.717) is 6.42 Å². The maximum Gasteiger partial charge on any atom is 0.407 e. The first-order chi connectivity index (χ1) is 16.2. The Morgan fingerprint density at radius 2 is 1.56 bits per heavy atom. The summed E-state index contributed by atoms with van der Waals surface area (Å²) in [6.45, 7) is 4.00. The Bertz CT molecular complexity index is 993. The third-order valence-corrected chi connectivity index (χ3v) is 6.27. The van der Waals surface area contributed by atoms with Crippen LogP contribution in [-0.4, -0.2) is 67.3 Å². The van der Waals surface area contributed by atoms with Crippen molar-refractivity contribution in [2.24, 2.45) is 5.92 Å². The Balaban J connectivity index is 1.68. The standard InChI is InChI=1S/C26H33N3O5/c1-5-16(2)23(24(30)27-22(25(31)32)14-29(3)4)28-26(33)34-15-21-19-12-8-6-10-17(19)18-11-7-9-13-20(18)21/h6-13,16,21-23H,5,14-15H2,1-4H3,(H,27,30)(H,28,33)(H,31,32). The van der Waals surface area contributed by atoms with Crippen molar-refractivity contribution in [3.63, 3.8) is 0 Å². The van der Waals surface area contributed by atoms with Gasteiger partial charge in [-0.05, 0) is 42.3 Å². The summed E-state index contributed by atoms with van der Waals surface area (Å²) in [5, 5.41) is 14.6. The summed E-state index contributed by atoms with van der Waals surface area (Å²) >= 11 is 0. The van der Waals surface area contributed by atoms with Gasteiger partial charge in [0.15, 0.2) is 0 Å². The second kappa shape index (κ2) is 11.2. The number of carboxylic acids is 1. The number of fused-ring (bicyclic) bond motifs is 3. The predicted octanol–water partition coefficient (Wildman–Crippen LogP) is 3.07. The first kappa shape index (κ1) is 25.2. The zero-order chi connectivity index (χ0) is 24.8. The lowest BCUT2D eigenvalue weighted by Crippen LogP contribution is -2.56. The number of benzene rings is 2. The van der Waals surface area contributed by atoms with Gasteiger partial charge in [0.1, 0.15) is 18.7 Å². The Labute approximate surface area is 200 Å². The molecule has 1 aliphatic rings. The van der Waals surface area contributed by atoms with Crippen LogP contribution in [0.1, 0.15) is 37.3 Å². The van der Waals surface area contributed by atoms with Gasteiger partial charge in [-0.15, -0.1) is 0 Å². The van der Waals surface area contributed by atoms with Gasteiger partial charge in [-0.1, -0.05) is 68.8 Å². The molecule has 0 radical (unpaired) electrons. The van der Waals surface area contributed by atoms with Gasteiger partial charge >= 0.3 is 12.1 Å². The molecule has 3 atom stereocenters. The first-order valence-corrected chi connectivity index (χ1v) is 11.5. The Morgan fingerprint density at radius 3 is 2.06 bits per heavy atom. The van der Waals surface area contributed by atoms with E-state index in [1.54, 1.807) is 19.0 Å². The number of rotatable bonds is 10. The number of carbonyl (C=O) groups excluding carboxylic acids is 2. The van der Waals surface area contributed by atoms with Crippen molar-refractivity contribution < 1.29 is 24.2 Å². The van der Waals surface area contributed by atoms with Gasteiger partial charge in [-0.2, -0.15) is 0 Å². The monoisotopic (exact) mass is 467 g/mol. The molecule has 2 aromatic rings. The van der Waals surface area contributed by atoms with E-state index >= 15 is 0 Å². The lowest BCUT2D eigenvalue weighted by atomic mass is 9.98. The Kier molecular flexibility index (Phi) is 8.28. The van der Waals surface area contributed by atoms with Crippen LogP contribution in [0.3, 0.4) is 0 Å². The fraction of sp³-hybridized carbons (Fsp3) is 0.423. The van der Waals surface area contributed by atoms with Gasteiger partial charge in [0.05, 0.1) is 0 Å². The van der Waals surface area contributed by atoms with E-state index in [-0.39, 0.29) is 25.0 Å². The van der Waals surface area contributed by atoms with Gasteiger partial charge in [0.2, 0.25) is 5.91 Å². The molecule has 0 heterocycles. The molecule has 0 spiro atoms. The Hall–Kier alpha value is -3.39. The largest absolute Gasteiger partial charge is 0.480 e. The number of hydrogen-bond acceptors (Lipinski definition) is 5. The summed E-state index contributed by atoms with van der Waals surface area (Å²) in [5.41, 5.74) is 4.45. The molecule has 182 valence electrons. The second-order valence-electron chi connectivity index (χ2n) is 8.99. The van der Waals surface area contributed by atoms with Gasteiger partial charge in [0, 0.05) is 12.5 Å². The number of likely N-dealkylation sites (N-methyl/N-ethyl adjacent to an activating group) is 1. The van der Waals surface area contributed by atoms with Crippen LogP contribution in [0.4, 0.5) is 4.79 Å². The normalized spacial score (nSPS) is 15.1. The molecule has 0 fully saturated rings. The van der Waals surface area contributed by atoms with Crippen molar-refractivity contribution in [2.75, 3.05) is 27.2 Å². The van der Waals surface area contributed by atoms with E-state index in [9.17, 15) is 19.5 Å². The van der Waals surface area contributed by atoms with Crippen molar-refractivity contribution >= 4 is 18.0 Å². The van der Waals surface area contributed by atoms with Crippen molar-refractivity contribution in [1.82, 2.24) is 15.5 Å². The summed E-state index contributed by atoms with van der Waals surface area (Å²) in [6.07, 6.45) is -0.0885. The van der Waals surface area contributed by atoms with Crippen molar-refractivity contribution in [2.45, 2.75) is 38.3 Å². The topological polar surface area (TPSA) is 108 Å². The molecule has 34 heavy (non-hydrogen) atoms. The molecule has 1 aliphatic carbocycles. The van der Waals surface area contributed by atoms with Crippen LogP contribution in [0.2, 0.25) is 0 Å². The maximum atomic E-state index is 12.9. The molecule has 0 aromatic heterocycles. The minimum absolute atomic E-state index is 0.0921. The molecule has 3 rings (SSSR count). The number of carboxylic acid groups (broad SMARTS) is 1. The minimum Gasteiger partial charge on any atom is -0.480 e. The minimum atomic E-state index is -1.13. The number of ether oxygens (including phenoxy) is 1. The molecule has 2 amide bonds. The molecule has 3 N–H and O–H groups in total. The Morgan fingerprint density at radius 1 is 1.00 bits per heavy atom. The number of nitrogens with one attached hydrogen (secondary N) is 2. The molecule has 2 aromatic carbocycles. The summed E-state index contributed by atoms with van der Waals surface area (Å²) < 4.78 is 5.58. The molecular formula is C26H33N3O5. The average molecular weight is 468 g/mol. The summed E-state index contributed by atoms with van der Waals surface area (Å²) in [5.74, 6) is -1.98. The second-order valence-corrected chi connectivity index (χ2v) is 8.99. The zero-order valence-corrected chi connectivity index (χ0v) is 20.1. The van der Waals surface area contributed by atoms with Gasteiger partial charge in [-0.3, -0.25) is 4.79 Å². The highest BCUT2D eigenvalue weighted by Gasteiger charge is 2.32. The van der Waals surface area contributed by atoms with Crippen molar-refractivity contribution in [3.8, 4) is 11.1 Å². The SMILES string of the molecule is CCC(C)C(NC(=O)OCC1c2ccccc2-c2ccccc21)C(=O)NC(CN(C)C)C(=O)O. The molecular weight excluding hydrogens is 434 g/mol. The number of aliphatic carboxylic acids is 1. The molecule has 8 heteroatoms. The summed E-state index contributed by atoms with van der Waals surface area (Å²) in [4.78, 5) is 38.8. The predicted molar refractivity (Wildman–Crippen MR) is 130 cm³/mol. The third-order valence-electron chi connectivity index (χ3n) is 6.27. The van der Waals surface area contributed by atoms with Gasteiger partial charge < -0.3 is 25.4 Å². The molecule has 3 unspecified atom stereocenters. The zero-order valence-electron chi connectivity index (χ0n) is 20.1. The van der Waals surface area contributed by atoms with Crippen LogP contribution in [0.25, 0.3) is 11.1 Å². The third kappa shape index (κ3) is 5.75. The van der Waals surface area contributed by atoms with E-state index in [4.69, 9.17) is 4.74 Å². The average Bonchev–Trinajstić information content (AvgIpc) is 3.13. The van der Waals surface area contributed by atoms with E-state index in [1.165, 1.54) is 0 Å². The first-order valence-electron chi connectivity index (χ1n) is 11.5. The summed E-state index contributed by atoms with van der Waals surface area (Å²) in [6, 6.07) is 14.1. The van der Waals surface area contributed by atoms with Crippen LogP contribution in [0.15, 0.2) is 48.5 Å². The highest BCUT2D eigenvalue weighted by atomic mass is 16.5. The van der Waals surface area contributed by atoms with Crippen LogP contribution >= 0.6 is 0 Å². The fourth-order valence-corrected chi connectivity index (χ4v) is 4.28. The van der Waals surface area contributed by atoms with Crippen molar-refractivity contribution in [1.29, 1.82) is 0 Å². The number of nitrogens with zero attached hydrogens (tertiary/aromatic N) is 1. The lowest BCUT2D eigenvalue weighted by molar-refractivity contribution is -0.142. The van der Waals surface area contributed by atoms with E-state index in [2.05, 4.69) is 22.8 Å². The van der Waals surface area contributed by atoms with Crippen LogP contribution in [0, 0.1) is 5.92 Å². The van der Waals surface area contributed by atoms with Crippen LogP contribution in [0.5, 0.6) is 0 Å². The smallest absolute Gasteiger partial charge is 0.407 e. The van der Waals surface area contributed by atoms with Crippen molar-refractivity contribution in [3.05, 3.63) is 59.7 Å². The van der Waals surface area contributed by atoms with Crippen LogP contribution < -0.4 is 10.6 Å². The van der Waals surface area contributed by atoms with E-state index in [1.807, 2.05) is 50.2 Å². The van der Waals surface area contributed by atoms with Crippen LogP contribution in [-0.2, 0) is 14.3 Å². The van der Waals surface area contributed by atoms with Gasteiger partial charge in [-0.25, -0.2) is 9.59 Å². The number of alkyl carbamates (subject to hydrolysis) is 1. The highest BCUT2D eigenvalue weighted by Crippen LogP contribution is 2.44. The number of carbonyl (C=O) groups is 3. The fourth-order valence-electron chi connectivity index (χ4n) is 4.28. The quantitative estimate of drug-likeness (QED) is 0.496. The lowest BCUT2D eigenvalue weighted by Gasteiger charge is -2.26. The number of hydrogen-bond donors (Lipinski definition) is 3. The molecule has 0 saturated heterocycles. The van der Waals surface area contributed by atoms with E-state index in [0.717, 1.165) is 22.3 Å². The van der Waals surface area contributed by atoms with Gasteiger partial charge in [0.25, 0.3) is 0 Å². The molecule has 0 saturated carbocycles. The molecule has 8 nitrogen and oxygen atoms in total. The van der Waals surface area contributed by atoms with E-state index < -0.39 is 30.1 Å². The number of amides is 2. The molecule has 0 aliphatic heterocycles. The maximum absolute atomic E-state index is 12.9. The molecule has 0 bridgehead atoms. The highest BCUT2D eigenvalue weighted by molar-refractivity contribution is 5.89.